The highest BCUT2D eigenvalue weighted by Crippen LogP contribution is 2.37. The third kappa shape index (κ3) is 4.94. The summed E-state index contributed by atoms with van der Waals surface area (Å²) in [6.45, 7) is 8.52. The third-order valence-corrected chi connectivity index (χ3v) is 4.89. The molecule has 0 unspecified atom stereocenters. The molecular weight excluding hydrogens is 352 g/mol. The number of aliphatic hydroxyl groups is 3. The van der Waals surface area contributed by atoms with E-state index in [1.807, 2.05) is 6.92 Å². The molecule has 0 aromatic rings. The predicted molar refractivity (Wildman–Crippen MR) is 97.4 cm³/mol. The molecule has 2 aliphatic rings. The van der Waals surface area contributed by atoms with Crippen LogP contribution in [0.1, 0.15) is 26.2 Å². The van der Waals surface area contributed by atoms with Gasteiger partial charge in [-0.15, -0.1) is 0 Å². The van der Waals surface area contributed by atoms with E-state index in [0.717, 1.165) is 11.6 Å². The average Bonchev–Trinajstić information content (AvgIpc) is 2.89. The number of rotatable bonds is 4. The van der Waals surface area contributed by atoms with Gasteiger partial charge in [-0.05, 0) is 37.5 Å². The molecule has 7 heteroatoms. The van der Waals surface area contributed by atoms with Crippen LogP contribution in [-0.4, -0.2) is 58.8 Å². The van der Waals surface area contributed by atoms with E-state index in [1.54, 1.807) is 6.08 Å². The Labute approximate surface area is 158 Å². The Bertz CT molecular complexity index is 688. The van der Waals surface area contributed by atoms with Crippen molar-refractivity contribution in [3.63, 3.8) is 0 Å². The minimum Gasteiger partial charge on any atom is -0.458 e. The van der Waals surface area contributed by atoms with Gasteiger partial charge in [-0.2, -0.15) is 0 Å². The summed E-state index contributed by atoms with van der Waals surface area (Å²) >= 11 is 0. The van der Waals surface area contributed by atoms with Gasteiger partial charge in [0.05, 0.1) is 30.8 Å². The van der Waals surface area contributed by atoms with Crippen LogP contribution in [0, 0.1) is 5.92 Å². The normalized spacial score (nSPS) is 31.6. The zero-order valence-corrected chi connectivity index (χ0v) is 15.4. The van der Waals surface area contributed by atoms with Crippen molar-refractivity contribution in [2.45, 2.75) is 44.5 Å². The molecule has 3 N–H and O–H groups in total. The Morgan fingerprint density at radius 1 is 1.41 bits per heavy atom. The van der Waals surface area contributed by atoms with E-state index in [9.17, 15) is 19.8 Å². The van der Waals surface area contributed by atoms with Crippen LogP contribution < -0.4 is 0 Å². The maximum atomic E-state index is 12.4. The number of carbonyl (C=O) groups is 2. The quantitative estimate of drug-likeness (QED) is 0.379. The van der Waals surface area contributed by atoms with E-state index in [-0.39, 0.29) is 17.6 Å². The van der Waals surface area contributed by atoms with Crippen LogP contribution in [-0.2, 0) is 19.1 Å². The van der Waals surface area contributed by atoms with E-state index in [0.29, 0.717) is 18.4 Å². The van der Waals surface area contributed by atoms with E-state index in [1.165, 1.54) is 0 Å². The van der Waals surface area contributed by atoms with Gasteiger partial charge in [0, 0.05) is 12.0 Å². The number of hydrogen-bond donors (Lipinski definition) is 3. The number of allylic oxidation sites excluding steroid dienone is 1. The SMILES string of the molecule is C=C1C(=O)O[C@@H]2/C=C(/C)CC[C@@H](O)C(=C)C[C@@H](OC(=O)/C(=C/CO)CO)[C@@H]12. The molecule has 148 valence electrons. The number of hydrogen-bond acceptors (Lipinski definition) is 7. The molecule has 27 heavy (non-hydrogen) atoms. The molecule has 0 aromatic heterocycles. The summed E-state index contributed by atoms with van der Waals surface area (Å²) in [5.74, 6) is -2.01. The first-order valence-corrected chi connectivity index (χ1v) is 8.83. The van der Waals surface area contributed by atoms with Gasteiger partial charge in [0.15, 0.2) is 0 Å². The lowest BCUT2D eigenvalue weighted by molar-refractivity contribution is -0.147. The van der Waals surface area contributed by atoms with Crippen molar-refractivity contribution in [3.8, 4) is 0 Å². The molecule has 1 heterocycles. The average molecular weight is 378 g/mol. The molecule has 0 radical (unpaired) electrons. The lowest BCUT2D eigenvalue weighted by Gasteiger charge is -2.29. The van der Waals surface area contributed by atoms with Gasteiger partial charge in [-0.1, -0.05) is 18.7 Å². The second-order valence-electron chi connectivity index (χ2n) is 6.86. The Balaban J connectivity index is 2.39. The predicted octanol–water partition coefficient (Wildman–Crippen LogP) is 0.954. The zero-order chi connectivity index (χ0) is 20.1. The minimum absolute atomic E-state index is 0.0973. The molecule has 0 bridgehead atoms. The maximum absolute atomic E-state index is 12.4. The highest BCUT2D eigenvalue weighted by atomic mass is 16.6. The van der Waals surface area contributed by atoms with Crippen molar-refractivity contribution in [2.75, 3.05) is 13.2 Å². The first-order chi connectivity index (χ1) is 12.8. The lowest BCUT2D eigenvalue weighted by atomic mass is 9.84. The Morgan fingerprint density at radius 2 is 2.11 bits per heavy atom. The highest BCUT2D eigenvalue weighted by molar-refractivity contribution is 5.92. The Kier molecular flexibility index (Phi) is 7.12. The smallest absolute Gasteiger partial charge is 0.336 e. The van der Waals surface area contributed by atoms with Gasteiger partial charge in [0.25, 0.3) is 0 Å². The fourth-order valence-corrected chi connectivity index (χ4v) is 3.29. The van der Waals surface area contributed by atoms with Crippen LogP contribution in [0.2, 0.25) is 0 Å². The van der Waals surface area contributed by atoms with Crippen LogP contribution in [0.5, 0.6) is 0 Å². The van der Waals surface area contributed by atoms with Crippen molar-refractivity contribution >= 4 is 11.9 Å². The van der Waals surface area contributed by atoms with Crippen LogP contribution in [0.3, 0.4) is 0 Å². The van der Waals surface area contributed by atoms with Crippen molar-refractivity contribution < 1.29 is 34.4 Å². The maximum Gasteiger partial charge on any atom is 0.336 e. The van der Waals surface area contributed by atoms with Gasteiger partial charge in [-0.25, -0.2) is 9.59 Å². The Morgan fingerprint density at radius 3 is 2.74 bits per heavy atom. The van der Waals surface area contributed by atoms with Gasteiger partial charge >= 0.3 is 11.9 Å². The summed E-state index contributed by atoms with van der Waals surface area (Å²) in [5, 5.41) is 28.6. The van der Waals surface area contributed by atoms with Gasteiger partial charge in [-0.3, -0.25) is 0 Å². The molecule has 1 fully saturated rings. The minimum atomic E-state index is -0.862. The topological polar surface area (TPSA) is 113 Å². The summed E-state index contributed by atoms with van der Waals surface area (Å²) < 4.78 is 10.9. The summed E-state index contributed by atoms with van der Waals surface area (Å²) in [5.41, 5.74) is 1.49. The van der Waals surface area contributed by atoms with Crippen molar-refractivity contribution in [1.82, 2.24) is 0 Å². The number of aliphatic hydroxyl groups excluding tert-OH is 3. The molecule has 0 amide bonds. The van der Waals surface area contributed by atoms with E-state index < -0.39 is 49.4 Å². The van der Waals surface area contributed by atoms with E-state index >= 15 is 0 Å². The lowest BCUT2D eigenvalue weighted by Crippen LogP contribution is -2.35. The molecule has 0 saturated carbocycles. The number of fused-ring (bicyclic) bond motifs is 1. The molecule has 7 nitrogen and oxygen atoms in total. The molecule has 2 rings (SSSR count). The van der Waals surface area contributed by atoms with Crippen molar-refractivity contribution in [3.05, 3.63) is 47.6 Å². The molecule has 1 aliphatic carbocycles. The molecule has 1 aliphatic heterocycles. The van der Waals surface area contributed by atoms with Crippen molar-refractivity contribution in [1.29, 1.82) is 0 Å². The van der Waals surface area contributed by atoms with Crippen LogP contribution in [0.4, 0.5) is 0 Å². The monoisotopic (exact) mass is 378 g/mol. The van der Waals surface area contributed by atoms with Crippen LogP contribution >= 0.6 is 0 Å². The Hall–Kier alpha value is -2.22. The van der Waals surface area contributed by atoms with Crippen LogP contribution in [0.25, 0.3) is 0 Å². The first kappa shape index (κ1) is 21.1. The van der Waals surface area contributed by atoms with Crippen molar-refractivity contribution in [2.24, 2.45) is 5.92 Å². The summed E-state index contributed by atoms with van der Waals surface area (Å²) in [6.07, 6.45) is 1.87. The number of ether oxygens (including phenoxy) is 2. The molecule has 0 spiro atoms. The largest absolute Gasteiger partial charge is 0.458 e. The summed E-state index contributed by atoms with van der Waals surface area (Å²) in [6, 6.07) is 0. The standard InChI is InChI=1S/C20H26O7/c1-11-4-5-15(23)12(2)9-17(27-20(25)14(10-22)6-7-21)18-13(3)19(24)26-16(18)8-11/h6,8,15-18,21-23H,2-5,7,9-10H2,1H3/b11-8-,14-6+/t15-,16-,17-,18+/m1/s1. The third-order valence-electron chi connectivity index (χ3n) is 4.89. The van der Waals surface area contributed by atoms with Gasteiger partial charge in [0.1, 0.15) is 12.2 Å². The van der Waals surface area contributed by atoms with E-state index in [2.05, 4.69) is 13.2 Å². The number of esters is 2. The molecular formula is C20H26O7. The van der Waals surface area contributed by atoms with Gasteiger partial charge < -0.3 is 24.8 Å². The molecule has 0 aromatic carbocycles. The highest BCUT2D eigenvalue weighted by Gasteiger charge is 2.45. The van der Waals surface area contributed by atoms with Crippen LogP contribution in [0.15, 0.2) is 47.6 Å². The van der Waals surface area contributed by atoms with Gasteiger partial charge in [0.2, 0.25) is 0 Å². The fraction of sp³-hybridized carbons (Fsp3) is 0.500. The summed E-state index contributed by atoms with van der Waals surface area (Å²) in [7, 11) is 0. The fourth-order valence-electron chi connectivity index (χ4n) is 3.29. The second kappa shape index (κ2) is 9.12. The molecule has 4 atom stereocenters. The second-order valence-corrected chi connectivity index (χ2v) is 6.86. The van der Waals surface area contributed by atoms with E-state index in [4.69, 9.17) is 14.6 Å². The molecule has 1 saturated heterocycles. The zero-order valence-electron chi connectivity index (χ0n) is 15.4. The summed E-state index contributed by atoms with van der Waals surface area (Å²) in [4.78, 5) is 24.5. The number of carbonyl (C=O) groups excluding carboxylic acids is 2. The first-order valence-electron chi connectivity index (χ1n) is 8.83.